The van der Waals surface area contributed by atoms with E-state index < -0.39 is 0 Å². The number of aryl methyl sites for hydroxylation is 3. The molecule has 106 valence electrons. The van der Waals surface area contributed by atoms with Crippen LogP contribution in [0.3, 0.4) is 0 Å². The van der Waals surface area contributed by atoms with E-state index in [1.54, 1.807) is 0 Å². The molecule has 0 aliphatic rings. The van der Waals surface area contributed by atoms with Gasteiger partial charge in [-0.3, -0.25) is 11.3 Å². The van der Waals surface area contributed by atoms with Gasteiger partial charge >= 0.3 is 0 Å². The van der Waals surface area contributed by atoms with Crippen molar-refractivity contribution in [3.8, 4) is 0 Å². The monoisotopic (exact) mass is 286 g/mol. The van der Waals surface area contributed by atoms with Gasteiger partial charge in [-0.15, -0.1) is 11.8 Å². The lowest BCUT2D eigenvalue weighted by Crippen LogP contribution is -2.30. The van der Waals surface area contributed by atoms with Crippen molar-refractivity contribution in [3.05, 3.63) is 64.7 Å². The molecule has 0 fully saturated rings. The molecule has 3 heteroatoms. The lowest BCUT2D eigenvalue weighted by Gasteiger charge is -2.19. The van der Waals surface area contributed by atoms with Crippen LogP contribution < -0.4 is 11.3 Å². The molecule has 2 aromatic rings. The Morgan fingerprint density at radius 1 is 1.05 bits per heavy atom. The van der Waals surface area contributed by atoms with E-state index in [1.807, 2.05) is 11.8 Å². The maximum absolute atomic E-state index is 5.75. The van der Waals surface area contributed by atoms with E-state index in [0.29, 0.717) is 0 Å². The summed E-state index contributed by atoms with van der Waals surface area (Å²) < 4.78 is 0. The Labute approximate surface area is 125 Å². The van der Waals surface area contributed by atoms with Gasteiger partial charge in [-0.1, -0.05) is 42.0 Å². The van der Waals surface area contributed by atoms with E-state index in [-0.39, 0.29) is 6.04 Å². The highest BCUT2D eigenvalue weighted by Gasteiger charge is 2.13. The second-order valence-corrected chi connectivity index (χ2v) is 6.22. The fraction of sp³-hybridized carbons (Fsp3) is 0.294. The summed E-state index contributed by atoms with van der Waals surface area (Å²) in [4.78, 5) is 1.32. The summed E-state index contributed by atoms with van der Waals surface area (Å²) in [6.07, 6.45) is 0. The molecular weight excluding hydrogens is 264 g/mol. The zero-order valence-corrected chi connectivity index (χ0v) is 13.1. The molecule has 20 heavy (non-hydrogen) atoms. The first-order chi connectivity index (χ1) is 9.61. The molecule has 2 aromatic carbocycles. The molecule has 0 radical (unpaired) electrons. The number of hydrazine groups is 1. The highest BCUT2D eigenvalue weighted by atomic mass is 32.2. The SMILES string of the molecule is Cc1ccc(C(CSc2ccccc2C)NN)c(C)c1. The van der Waals surface area contributed by atoms with Crippen LogP contribution in [0.2, 0.25) is 0 Å². The molecule has 0 saturated heterocycles. The summed E-state index contributed by atoms with van der Waals surface area (Å²) in [6, 6.07) is 15.1. The van der Waals surface area contributed by atoms with Crippen LogP contribution in [-0.4, -0.2) is 5.75 Å². The number of hydrogen-bond acceptors (Lipinski definition) is 3. The van der Waals surface area contributed by atoms with Gasteiger partial charge in [0.05, 0.1) is 6.04 Å². The number of nitrogens with one attached hydrogen (secondary N) is 1. The van der Waals surface area contributed by atoms with Crippen LogP contribution in [0.5, 0.6) is 0 Å². The average molecular weight is 286 g/mol. The molecule has 0 aliphatic carbocycles. The van der Waals surface area contributed by atoms with Gasteiger partial charge in [0.2, 0.25) is 0 Å². The second-order valence-electron chi connectivity index (χ2n) is 5.16. The van der Waals surface area contributed by atoms with E-state index >= 15 is 0 Å². The van der Waals surface area contributed by atoms with Crippen LogP contribution in [0.15, 0.2) is 47.4 Å². The minimum atomic E-state index is 0.167. The van der Waals surface area contributed by atoms with Crippen molar-refractivity contribution in [2.45, 2.75) is 31.7 Å². The van der Waals surface area contributed by atoms with Crippen LogP contribution in [-0.2, 0) is 0 Å². The lowest BCUT2D eigenvalue weighted by molar-refractivity contribution is 0.607. The Kier molecular flexibility index (Phi) is 5.24. The van der Waals surface area contributed by atoms with E-state index in [1.165, 1.54) is 27.1 Å². The third-order valence-electron chi connectivity index (χ3n) is 3.50. The minimum absolute atomic E-state index is 0.167. The van der Waals surface area contributed by atoms with Crippen molar-refractivity contribution < 1.29 is 0 Å². The summed E-state index contributed by atoms with van der Waals surface area (Å²) in [5.41, 5.74) is 8.11. The van der Waals surface area contributed by atoms with Gasteiger partial charge in [0.15, 0.2) is 0 Å². The largest absolute Gasteiger partial charge is 0.271 e. The van der Waals surface area contributed by atoms with Gasteiger partial charge in [-0.05, 0) is 43.5 Å². The van der Waals surface area contributed by atoms with Crippen LogP contribution in [0.1, 0.15) is 28.3 Å². The molecular formula is C17H22N2S. The van der Waals surface area contributed by atoms with Crippen molar-refractivity contribution in [1.29, 1.82) is 0 Å². The highest BCUT2D eigenvalue weighted by Crippen LogP contribution is 2.28. The maximum Gasteiger partial charge on any atom is 0.0556 e. The number of thioether (sulfide) groups is 1. The first-order valence-corrected chi connectivity index (χ1v) is 7.82. The van der Waals surface area contributed by atoms with Gasteiger partial charge in [-0.2, -0.15) is 0 Å². The van der Waals surface area contributed by atoms with Crippen molar-refractivity contribution in [1.82, 2.24) is 5.43 Å². The lowest BCUT2D eigenvalue weighted by atomic mass is 10.0. The summed E-state index contributed by atoms with van der Waals surface area (Å²) >= 11 is 1.84. The molecule has 0 bridgehead atoms. The third-order valence-corrected chi connectivity index (χ3v) is 4.77. The summed E-state index contributed by atoms with van der Waals surface area (Å²) in [5.74, 6) is 6.67. The van der Waals surface area contributed by atoms with E-state index in [0.717, 1.165) is 5.75 Å². The fourth-order valence-corrected chi connectivity index (χ4v) is 3.43. The first kappa shape index (κ1) is 15.1. The fourth-order valence-electron chi connectivity index (χ4n) is 2.34. The smallest absolute Gasteiger partial charge is 0.0556 e. The number of nitrogens with two attached hydrogens (primary N) is 1. The predicted octanol–water partition coefficient (Wildman–Crippen LogP) is 3.91. The molecule has 0 aromatic heterocycles. The Bertz CT molecular complexity index is 581. The topological polar surface area (TPSA) is 38.0 Å². The molecule has 2 rings (SSSR count). The van der Waals surface area contributed by atoms with Crippen LogP contribution in [0.4, 0.5) is 0 Å². The Balaban J connectivity index is 2.11. The minimum Gasteiger partial charge on any atom is -0.271 e. The highest BCUT2D eigenvalue weighted by molar-refractivity contribution is 7.99. The zero-order valence-electron chi connectivity index (χ0n) is 12.3. The van der Waals surface area contributed by atoms with Gasteiger partial charge in [0.25, 0.3) is 0 Å². The molecule has 0 saturated carbocycles. The van der Waals surface area contributed by atoms with Crippen molar-refractivity contribution in [2.75, 3.05) is 5.75 Å². The van der Waals surface area contributed by atoms with Gasteiger partial charge in [-0.25, -0.2) is 0 Å². The number of rotatable bonds is 5. The second kappa shape index (κ2) is 6.93. The van der Waals surface area contributed by atoms with E-state index in [2.05, 4.69) is 68.7 Å². The third kappa shape index (κ3) is 3.63. The van der Waals surface area contributed by atoms with Gasteiger partial charge in [0, 0.05) is 10.6 Å². The number of hydrogen-bond donors (Lipinski definition) is 2. The molecule has 1 atom stereocenters. The molecule has 0 aliphatic heterocycles. The van der Waals surface area contributed by atoms with Gasteiger partial charge in [0.1, 0.15) is 0 Å². The average Bonchev–Trinajstić information content (AvgIpc) is 2.43. The van der Waals surface area contributed by atoms with Crippen LogP contribution in [0, 0.1) is 20.8 Å². The molecule has 0 heterocycles. The Hall–Kier alpha value is -1.29. The number of benzene rings is 2. The standard InChI is InChI=1S/C17H22N2S/c1-12-8-9-15(14(3)10-12)16(19-18)11-20-17-7-5-4-6-13(17)2/h4-10,16,19H,11,18H2,1-3H3. The Morgan fingerprint density at radius 3 is 2.45 bits per heavy atom. The maximum atomic E-state index is 5.75. The summed E-state index contributed by atoms with van der Waals surface area (Å²) in [5, 5.41) is 0. The molecule has 1 unspecified atom stereocenters. The zero-order chi connectivity index (χ0) is 14.5. The van der Waals surface area contributed by atoms with Crippen molar-refractivity contribution >= 4 is 11.8 Å². The van der Waals surface area contributed by atoms with Crippen molar-refractivity contribution in [2.24, 2.45) is 5.84 Å². The van der Waals surface area contributed by atoms with Crippen LogP contribution in [0.25, 0.3) is 0 Å². The molecule has 0 amide bonds. The van der Waals surface area contributed by atoms with E-state index in [4.69, 9.17) is 5.84 Å². The summed E-state index contributed by atoms with van der Waals surface area (Å²) in [7, 11) is 0. The molecule has 3 N–H and O–H groups in total. The van der Waals surface area contributed by atoms with Gasteiger partial charge < -0.3 is 0 Å². The Morgan fingerprint density at radius 2 is 1.80 bits per heavy atom. The first-order valence-electron chi connectivity index (χ1n) is 6.83. The van der Waals surface area contributed by atoms with Crippen molar-refractivity contribution in [3.63, 3.8) is 0 Å². The molecule has 2 nitrogen and oxygen atoms in total. The normalized spacial score (nSPS) is 12.4. The predicted molar refractivity (Wildman–Crippen MR) is 87.9 cm³/mol. The van der Waals surface area contributed by atoms with E-state index in [9.17, 15) is 0 Å². The quantitative estimate of drug-likeness (QED) is 0.497. The molecule has 0 spiro atoms. The summed E-state index contributed by atoms with van der Waals surface area (Å²) in [6.45, 7) is 6.40. The van der Waals surface area contributed by atoms with Crippen LogP contribution >= 0.6 is 11.8 Å².